The van der Waals surface area contributed by atoms with Gasteiger partial charge in [0.25, 0.3) is 5.16 Å². The molecule has 1 aromatic heterocycles. The zero-order valence-electron chi connectivity index (χ0n) is 7.66. The summed E-state index contributed by atoms with van der Waals surface area (Å²) in [6.45, 7) is 3.47. The highest BCUT2D eigenvalue weighted by Crippen LogP contribution is 2.18. The van der Waals surface area contributed by atoms with Gasteiger partial charge in [-0.15, -0.1) is 0 Å². The zero-order chi connectivity index (χ0) is 11.1. The van der Waals surface area contributed by atoms with Crippen molar-refractivity contribution in [1.29, 1.82) is 0 Å². The van der Waals surface area contributed by atoms with Crippen LogP contribution in [0.1, 0.15) is 0 Å². The molecule has 1 aromatic carbocycles. The molecule has 78 valence electrons. The van der Waals surface area contributed by atoms with Crippen molar-refractivity contribution in [2.75, 3.05) is 0 Å². The molecule has 0 amide bonds. The molecule has 5 nitrogen and oxygen atoms in total. The summed E-state index contributed by atoms with van der Waals surface area (Å²) < 4.78 is 32.2. The van der Waals surface area contributed by atoms with E-state index >= 15 is 0 Å². The maximum absolute atomic E-state index is 11.0. The number of fused-ring (bicyclic) bond motifs is 1. The Labute approximate surface area is 86.4 Å². The predicted octanol–water partition coefficient (Wildman–Crippen LogP) is 1.38. The van der Waals surface area contributed by atoms with E-state index in [9.17, 15) is 8.42 Å². The van der Waals surface area contributed by atoms with Crippen molar-refractivity contribution in [1.82, 2.24) is 9.55 Å². The van der Waals surface area contributed by atoms with Gasteiger partial charge in [0, 0.05) is 6.20 Å². The molecule has 0 unspecified atom stereocenters. The first kappa shape index (κ1) is 9.88. The summed E-state index contributed by atoms with van der Waals surface area (Å²) >= 11 is 0. The number of hydrogen-bond donors (Lipinski definition) is 1. The van der Waals surface area contributed by atoms with Gasteiger partial charge in [-0.2, -0.15) is 8.42 Å². The molecule has 0 saturated carbocycles. The van der Waals surface area contributed by atoms with Crippen LogP contribution in [0.25, 0.3) is 17.2 Å². The lowest BCUT2D eigenvalue weighted by Gasteiger charge is -1.98. The number of para-hydroxylation sites is 2. The van der Waals surface area contributed by atoms with Gasteiger partial charge in [-0.1, -0.05) is 18.7 Å². The predicted molar refractivity (Wildman–Crippen MR) is 55.9 cm³/mol. The quantitative estimate of drug-likeness (QED) is 0.782. The third-order valence-electron chi connectivity index (χ3n) is 1.98. The molecule has 0 aliphatic heterocycles. The summed E-state index contributed by atoms with van der Waals surface area (Å²) in [7, 11) is -4.33. The van der Waals surface area contributed by atoms with Crippen LogP contribution in [-0.2, 0) is 10.1 Å². The Kier molecular flexibility index (Phi) is 2.09. The molecule has 2 aromatic rings. The fourth-order valence-electron chi connectivity index (χ4n) is 1.38. The molecular weight excluding hydrogens is 216 g/mol. The van der Waals surface area contributed by atoms with Crippen molar-refractivity contribution < 1.29 is 13.0 Å². The Hall–Kier alpha value is -1.66. The van der Waals surface area contributed by atoms with Crippen LogP contribution < -0.4 is 0 Å². The highest BCUT2D eigenvalue weighted by molar-refractivity contribution is 7.85. The molecule has 0 aliphatic rings. The molecule has 1 heterocycles. The van der Waals surface area contributed by atoms with Crippen LogP contribution in [0, 0.1) is 0 Å². The molecule has 0 aliphatic carbocycles. The largest absolute Gasteiger partial charge is 0.329 e. The van der Waals surface area contributed by atoms with E-state index in [0.29, 0.717) is 11.0 Å². The second-order valence-corrected chi connectivity index (χ2v) is 4.23. The third-order valence-corrected chi connectivity index (χ3v) is 2.73. The van der Waals surface area contributed by atoms with Gasteiger partial charge in [0.05, 0.1) is 11.0 Å². The Morgan fingerprint density at radius 3 is 2.67 bits per heavy atom. The van der Waals surface area contributed by atoms with Crippen LogP contribution in [0.4, 0.5) is 0 Å². The molecule has 0 radical (unpaired) electrons. The first-order chi connectivity index (χ1) is 7.04. The maximum Gasteiger partial charge on any atom is 0.329 e. The van der Waals surface area contributed by atoms with Crippen LogP contribution in [0.15, 0.2) is 36.0 Å². The summed E-state index contributed by atoms with van der Waals surface area (Å²) in [6.07, 6.45) is 1.29. The number of hydrogen-bond acceptors (Lipinski definition) is 3. The monoisotopic (exact) mass is 224 g/mol. The smallest absolute Gasteiger partial charge is 0.289 e. The highest BCUT2D eigenvalue weighted by Gasteiger charge is 2.19. The van der Waals surface area contributed by atoms with Crippen LogP contribution in [-0.4, -0.2) is 22.5 Å². The Bertz CT molecular complexity index is 628. The van der Waals surface area contributed by atoms with Crippen molar-refractivity contribution in [2.45, 2.75) is 5.16 Å². The van der Waals surface area contributed by atoms with Crippen LogP contribution >= 0.6 is 0 Å². The molecule has 15 heavy (non-hydrogen) atoms. The molecule has 0 saturated heterocycles. The lowest BCUT2D eigenvalue weighted by atomic mass is 10.3. The van der Waals surface area contributed by atoms with Crippen molar-refractivity contribution in [2.24, 2.45) is 0 Å². The van der Waals surface area contributed by atoms with Gasteiger partial charge in [-0.25, -0.2) is 4.98 Å². The van der Waals surface area contributed by atoms with Crippen molar-refractivity contribution in [3.8, 4) is 0 Å². The average Bonchev–Trinajstić information content (AvgIpc) is 2.55. The second kappa shape index (κ2) is 3.18. The van der Waals surface area contributed by atoms with Crippen molar-refractivity contribution >= 4 is 27.4 Å². The fourth-order valence-corrected chi connectivity index (χ4v) is 2.02. The van der Waals surface area contributed by atoms with Crippen LogP contribution in [0.5, 0.6) is 0 Å². The molecule has 2 rings (SSSR count). The van der Waals surface area contributed by atoms with E-state index in [1.54, 1.807) is 24.3 Å². The van der Waals surface area contributed by atoms with E-state index < -0.39 is 15.3 Å². The topological polar surface area (TPSA) is 72.2 Å². The summed E-state index contributed by atoms with van der Waals surface area (Å²) in [5, 5.41) is -0.418. The maximum atomic E-state index is 11.0. The molecule has 0 atom stereocenters. The lowest BCUT2D eigenvalue weighted by Crippen LogP contribution is -2.05. The van der Waals surface area contributed by atoms with Gasteiger partial charge >= 0.3 is 10.1 Å². The normalized spacial score (nSPS) is 11.8. The van der Waals surface area contributed by atoms with E-state index in [1.165, 1.54) is 10.8 Å². The van der Waals surface area contributed by atoms with E-state index in [-0.39, 0.29) is 0 Å². The molecule has 1 N–H and O–H groups in total. The van der Waals surface area contributed by atoms with E-state index in [1.807, 2.05) is 0 Å². The lowest BCUT2D eigenvalue weighted by molar-refractivity contribution is 0.473. The van der Waals surface area contributed by atoms with Crippen LogP contribution in [0.2, 0.25) is 0 Å². The van der Waals surface area contributed by atoms with Crippen molar-refractivity contribution in [3.63, 3.8) is 0 Å². The van der Waals surface area contributed by atoms with Gasteiger partial charge in [-0.05, 0) is 12.1 Å². The number of imidazole rings is 1. The first-order valence-electron chi connectivity index (χ1n) is 4.11. The average molecular weight is 224 g/mol. The first-order valence-corrected chi connectivity index (χ1v) is 5.55. The van der Waals surface area contributed by atoms with Gasteiger partial charge in [0.15, 0.2) is 0 Å². The third kappa shape index (κ3) is 1.53. The standard InChI is InChI=1S/C9H8N2O3S/c1-2-11-8-6-4-3-5-7(8)10-9(11)15(12,13)14/h2-6H,1H2,(H,12,13,14). The van der Waals surface area contributed by atoms with Gasteiger partial charge < -0.3 is 0 Å². The Morgan fingerprint density at radius 2 is 2.07 bits per heavy atom. The minimum Gasteiger partial charge on any atom is -0.289 e. The van der Waals surface area contributed by atoms with E-state index in [4.69, 9.17) is 4.55 Å². The number of nitrogens with zero attached hydrogens (tertiary/aromatic N) is 2. The number of benzene rings is 1. The second-order valence-electron chi connectivity index (χ2n) is 2.91. The number of aromatic nitrogens is 2. The molecule has 6 heteroatoms. The van der Waals surface area contributed by atoms with Crippen LogP contribution in [0.3, 0.4) is 0 Å². The van der Waals surface area contributed by atoms with Gasteiger partial charge in [0.1, 0.15) is 0 Å². The molecule has 0 spiro atoms. The minimum absolute atomic E-state index is 0.418. The summed E-state index contributed by atoms with van der Waals surface area (Å²) in [6, 6.07) is 6.83. The SMILES string of the molecule is C=Cn1c(S(=O)(=O)O)nc2ccccc21. The summed E-state index contributed by atoms with van der Waals surface area (Å²) in [5.41, 5.74) is 1.07. The minimum atomic E-state index is -4.33. The molecule has 0 fully saturated rings. The van der Waals surface area contributed by atoms with E-state index in [2.05, 4.69) is 11.6 Å². The molecule has 0 bridgehead atoms. The van der Waals surface area contributed by atoms with Gasteiger partial charge in [-0.3, -0.25) is 9.12 Å². The molecular formula is C9H8N2O3S. The Morgan fingerprint density at radius 1 is 1.40 bits per heavy atom. The number of rotatable bonds is 2. The highest BCUT2D eigenvalue weighted by atomic mass is 32.2. The Balaban J connectivity index is 2.93. The van der Waals surface area contributed by atoms with Crippen molar-refractivity contribution in [3.05, 3.63) is 30.8 Å². The zero-order valence-corrected chi connectivity index (χ0v) is 8.48. The van der Waals surface area contributed by atoms with E-state index in [0.717, 1.165) is 0 Å². The summed E-state index contributed by atoms with van der Waals surface area (Å²) in [5.74, 6) is 0. The fraction of sp³-hybridized carbons (Fsp3) is 0. The van der Waals surface area contributed by atoms with Gasteiger partial charge in [0.2, 0.25) is 0 Å². The summed E-state index contributed by atoms with van der Waals surface area (Å²) in [4.78, 5) is 3.81.